The van der Waals surface area contributed by atoms with Crippen LogP contribution in [0.25, 0.3) is 0 Å². The first-order valence-corrected chi connectivity index (χ1v) is 11.8. The zero-order chi connectivity index (χ0) is 23.5. The topological polar surface area (TPSA) is 63.7 Å². The van der Waals surface area contributed by atoms with E-state index in [0.717, 1.165) is 29.8 Å². The van der Waals surface area contributed by atoms with E-state index in [1.165, 1.54) is 12.1 Å². The lowest BCUT2D eigenvalue weighted by atomic mass is 10.1. The molecule has 168 valence electrons. The molecular formula is C23H20Cl2FNO4S. The highest BCUT2D eigenvalue weighted by Crippen LogP contribution is 2.23. The average Bonchev–Trinajstić information content (AvgIpc) is 2.72. The Labute approximate surface area is 196 Å². The molecule has 0 spiro atoms. The van der Waals surface area contributed by atoms with E-state index in [2.05, 4.69) is 0 Å². The second-order valence-electron chi connectivity index (χ2n) is 7.32. The molecule has 1 amide bonds. The molecule has 0 aliphatic heterocycles. The maximum Gasteiger partial charge on any atom is 0.339 e. The standard InChI is InChI=1S/C23H20Cl2FNO4S/c1-15(2)27(23(28)17-11-18(24)13-19(25)12-17)14-16-3-7-21(8-4-16)31-32(29,30)22-9-5-20(26)6-10-22/h3-13,15H,14H2,1-2H3. The van der Waals surface area contributed by atoms with Gasteiger partial charge in [0.05, 0.1) is 0 Å². The molecule has 3 aromatic carbocycles. The monoisotopic (exact) mass is 495 g/mol. The molecule has 3 rings (SSSR count). The largest absolute Gasteiger partial charge is 0.379 e. The summed E-state index contributed by atoms with van der Waals surface area (Å²) in [5, 5.41) is 0.738. The van der Waals surface area contributed by atoms with Crippen molar-refractivity contribution in [3.05, 3.63) is 93.7 Å². The minimum absolute atomic E-state index is 0.0992. The van der Waals surface area contributed by atoms with Crippen LogP contribution in [0.15, 0.2) is 71.6 Å². The van der Waals surface area contributed by atoms with Gasteiger partial charge in [-0.15, -0.1) is 0 Å². The Bertz CT molecular complexity index is 1190. The highest BCUT2D eigenvalue weighted by Gasteiger charge is 2.21. The summed E-state index contributed by atoms with van der Waals surface area (Å²) in [5.74, 6) is -0.677. The number of carbonyl (C=O) groups excluding carboxylic acids is 1. The van der Waals surface area contributed by atoms with Crippen molar-refractivity contribution in [2.45, 2.75) is 31.3 Å². The minimum Gasteiger partial charge on any atom is -0.379 e. The van der Waals surface area contributed by atoms with Crippen molar-refractivity contribution < 1.29 is 21.8 Å². The molecule has 0 bridgehead atoms. The summed E-state index contributed by atoms with van der Waals surface area (Å²) in [7, 11) is -4.09. The Morgan fingerprint density at radius 2 is 1.53 bits per heavy atom. The number of amides is 1. The van der Waals surface area contributed by atoms with Crippen LogP contribution in [0.1, 0.15) is 29.8 Å². The lowest BCUT2D eigenvalue weighted by Crippen LogP contribution is -2.36. The van der Waals surface area contributed by atoms with Crippen LogP contribution in [0.2, 0.25) is 10.0 Å². The molecule has 0 N–H and O–H groups in total. The zero-order valence-corrected chi connectivity index (χ0v) is 19.6. The van der Waals surface area contributed by atoms with Gasteiger partial charge in [-0.25, -0.2) is 4.39 Å². The van der Waals surface area contributed by atoms with Gasteiger partial charge in [0.2, 0.25) is 0 Å². The van der Waals surface area contributed by atoms with Crippen molar-refractivity contribution in [1.82, 2.24) is 4.90 Å². The summed E-state index contributed by atoms with van der Waals surface area (Å²) in [6, 6.07) is 15.2. The first kappa shape index (κ1) is 24.0. The van der Waals surface area contributed by atoms with E-state index in [-0.39, 0.29) is 29.1 Å². The van der Waals surface area contributed by atoms with Crippen LogP contribution in [0.5, 0.6) is 5.75 Å². The predicted molar refractivity (Wildman–Crippen MR) is 122 cm³/mol. The van der Waals surface area contributed by atoms with Crippen molar-refractivity contribution in [2.24, 2.45) is 0 Å². The third-order valence-corrected chi connectivity index (χ3v) is 6.28. The Hall–Kier alpha value is -2.61. The van der Waals surface area contributed by atoms with Gasteiger partial charge >= 0.3 is 10.1 Å². The third kappa shape index (κ3) is 6.00. The second-order valence-corrected chi connectivity index (χ2v) is 9.74. The van der Waals surface area contributed by atoms with Crippen molar-refractivity contribution in [3.8, 4) is 5.75 Å². The highest BCUT2D eigenvalue weighted by atomic mass is 35.5. The maximum absolute atomic E-state index is 13.0. The van der Waals surface area contributed by atoms with Crippen LogP contribution < -0.4 is 4.18 Å². The zero-order valence-electron chi connectivity index (χ0n) is 17.3. The molecule has 0 saturated carbocycles. The molecule has 32 heavy (non-hydrogen) atoms. The molecule has 0 heterocycles. The van der Waals surface area contributed by atoms with Gasteiger partial charge in [-0.3, -0.25) is 4.79 Å². The third-order valence-electron chi connectivity index (χ3n) is 4.58. The average molecular weight is 496 g/mol. The quantitative estimate of drug-likeness (QED) is 0.379. The summed E-state index contributed by atoms with van der Waals surface area (Å²) in [4.78, 5) is 14.5. The smallest absolute Gasteiger partial charge is 0.339 e. The molecule has 0 aliphatic carbocycles. The van der Waals surface area contributed by atoms with E-state index in [1.807, 2.05) is 13.8 Å². The molecule has 0 fully saturated rings. The first-order chi connectivity index (χ1) is 15.0. The van der Waals surface area contributed by atoms with E-state index in [4.69, 9.17) is 27.4 Å². The van der Waals surface area contributed by atoms with E-state index in [9.17, 15) is 17.6 Å². The van der Waals surface area contributed by atoms with Crippen molar-refractivity contribution in [2.75, 3.05) is 0 Å². The van der Waals surface area contributed by atoms with Gasteiger partial charge in [0.25, 0.3) is 5.91 Å². The van der Waals surface area contributed by atoms with Crippen LogP contribution in [0.4, 0.5) is 4.39 Å². The molecule has 0 aromatic heterocycles. The predicted octanol–water partition coefficient (Wildman–Crippen LogP) is 5.95. The molecule has 3 aromatic rings. The van der Waals surface area contributed by atoms with Gasteiger partial charge in [0, 0.05) is 28.2 Å². The van der Waals surface area contributed by atoms with E-state index < -0.39 is 15.9 Å². The number of hydrogen-bond donors (Lipinski definition) is 0. The van der Waals surface area contributed by atoms with Crippen molar-refractivity contribution in [1.29, 1.82) is 0 Å². The summed E-state index contributed by atoms with van der Waals surface area (Å²) in [5.41, 5.74) is 1.15. The normalized spacial score (nSPS) is 11.4. The molecular weight excluding hydrogens is 476 g/mol. The summed E-state index contributed by atoms with van der Waals surface area (Å²) < 4.78 is 42.8. The lowest BCUT2D eigenvalue weighted by molar-refractivity contribution is 0.0690. The number of carbonyl (C=O) groups is 1. The van der Waals surface area contributed by atoms with Gasteiger partial charge in [-0.05, 0) is 74.0 Å². The Kier molecular flexibility index (Phi) is 7.44. The van der Waals surface area contributed by atoms with Gasteiger partial charge in [-0.2, -0.15) is 8.42 Å². The molecule has 9 heteroatoms. The van der Waals surface area contributed by atoms with Crippen LogP contribution in [-0.2, 0) is 16.7 Å². The molecule has 0 radical (unpaired) electrons. The van der Waals surface area contributed by atoms with Gasteiger partial charge in [-0.1, -0.05) is 35.3 Å². The Morgan fingerprint density at radius 3 is 2.06 bits per heavy atom. The number of benzene rings is 3. The van der Waals surface area contributed by atoms with Crippen LogP contribution >= 0.6 is 23.2 Å². The fourth-order valence-electron chi connectivity index (χ4n) is 2.96. The summed E-state index contributed by atoms with van der Waals surface area (Å²) >= 11 is 12.0. The van der Waals surface area contributed by atoms with Crippen LogP contribution in [0.3, 0.4) is 0 Å². The van der Waals surface area contributed by atoms with E-state index >= 15 is 0 Å². The Balaban J connectivity index is 1.75. The highest BCUT2D eigenvalue weighted by molar-refractivity contribution is 7.87. The molecule has 0 unspecified atom stereocenters. The van der Waals surface area contributed by atoms with Gasteiger partial charge < -0.3 is 9.08 Å². The van der Waals surface area contributed by atoms with Crippen LogP contribution in [0, 0.1) is 5.82 Å². The SMILES string of the molecule is CC(C)N(Cc1ccc(OS(=O)(=O)c2ccc(F)cc2)cc1)C(=O)c1cc(Cl)cc(Cl)c1. The fraction of sp³-hybridized carbons (Fsp3) is 0.174. The number of nitrogens with zero attached hydrogens (tertiary/aromatic N) is 1. The molecule has 5 nitrogen and oxygen atoms in total. The van der Waals surface area contributed by atoms with E-state index in [1.54, 1.807) is 35.2 Å². The second kappa shape index (κ2) is 9.90. The number of halogens is 3. The molecule has 0 aliphatic rings. The Morgan fingerprint density at radius 1 is 0.969 bits per heavy atom. The number of rotatable bonds is 7. The van der Waals surface area contributed by atoms with Gasteiger partial charge in [0.1, 0.15) is 16.5 Å². The van der Waals surface area contributed by atoms with Crippen LogP contribution in [-0.4, -0.2) is 25.3 Å². The summed E-state index contributed by atoms with van der Waals surface area (Å²) in [6.07, 6.45) is 0. The molecule has 0 saturated heterocycles. The molecule has 0 atom stereocenters. The van der Waals surface area contributed by atoms with E-state index in [0.29, 0.717) is 15.6 Å². The number of hydrogen-bond acceptors (Lipinski definition) is 4. The fourth-order valence-corrected chi connectivity index (χ4v) is 4.41. The van der Waals surface area contributed by atoms with Crippen molar-refractivity contribution >= 4 is 39.2 Å². The first-order valence-electron chi connectivity index (χ1n) is 9.61. The van der Waals surface area contributed by atoms with Gasteiger partial charge in [0.15, 0.2) is 0 Å². The maximum atomic E-state index is 13.0. The lowest BCUT2D eigenvalue weighted by Gasteiger charge is -2.27. The van der Waals surface area contributed by atoms with Crippen molar-refractivity contribution in [3.63, 3.8) is 0 Å². The minimum atomic E-state index is -4.09. The summed E-state index contributed by atoms with van der Waals surface area (Å²) in [6.45, 7) is 4.05.